The van der Waals surface area contributed by atoms with Gasteiger partial charge in [-0.1, -0.05) is 18.2 Å². The van der Waals surface area contributed by atoms with Gasteiger partial charge >= 0.3 is 0 Å². The van der Waals surface area contributed by atoms with Gasteiger partial charge in [-0.3, -0.25) is 4.79 Å². The van der Waals surface area contributed by atoms with E-state index in [1.807, 2.05) is 50.8 Å². The third kappa shape index (κ3) is 4.06. The van der Waals surface area contributed by atoms with Crippen LogP contribution in [-0.2, 0) is 9.53 Å². The number of hydrogen-bond acceptors (Lipinski definition) is 3. The normalized spacial score (nSPS) is 16.0. The van der Waals surface area contributed by atoms with Crippen LogP contribution in [0.2, 0.25) is 0 Å². The van der Waals surface area contributed by atoms with E-state index in [0.717, 1.165) is 29.8 Å². The highest BCUT2D eigenvalue weighted by Gasteiger charge is 2.22. The Balaban J connectivity index is 2.26. The van der Waals surface area contributed by atoms with E-state index in [1.165, 1.54) is 0 Å². The predicted octanol–water partition coefficient (Wildman–Crippen LogP) is 3.38. The van der Waals surface area contributed by atoms with Gasteiger partial charge in [0.25, 0.3) is 0 Å². The molecule has 114 valence electrons. The van der Waals surface area contributed by atoms with E-state index in [4.69, 9.17) is 9.73 Å². The highest BCUT2D eigenvalue weighted by Crippen LogP contribution is 2.24. The van der Waals surface area contributed by atoms with E-state index < -0.39 is 0 Å². The van der Waals surface area contributed by atoms with Gasteiger partial charge < -0.3 is 9.64 Å². The van der Waals surface area contributed by atoms with Crippen LogP contribution in [0, 0.1) is 13.8 Å². The third-order valence-corrected chi connectivity index (χ3v) is 3.55. The fourth-order valence-corrected chi connectivity index (χ4v) is 2.51. The number of carbonyl (C=O) groups excluding carboxylic acids is 1. The second kappa shape index (κ2) is 6.74. The van der Waals surface area contributed by atoms with Crippen LogP contribution < -0.4 is 0 Å². The zero-order chi connectivity index (χ0) is 15.4. The van der Waals surface area contributed by atoms with Crippen LogP contribution >= 0.6 is 0 Å². The molecule has 21 heavy (non-hydrogen) atoms. The number of hydrogen-bond donors (Lipinski definition) is 0. The number of ether oxygens (including phenoxy) is 1. The summed E-state index contributed by atoms with van der Waals surface area (Å²) in [6, 6.07) is 6.11. The molecule has 1 aromatic rings. The standard InChI is InChI=1S/C17H24N2O2/c1-12(2)21-15(11-19-10-6-9-16(19)20)18-17-13(3)7-5-8-14(17)4/h5,7-8,12H,6,9-11H2,1-4H3. The number of nitrogens with zero attached hydrogens (tertiary/aromatic N) is 2. The van der Waals surface area contributed by atoms with Crippen molar-refractivity contribution in [2.24, 2.45) is 4.99 Å². The fourth-order valence-electron chi connectivity index (χ4n) is 2.51. The number of carbonyl (C=O) groups is 1. The molecule has 4 heteroatoms. The SMILES string of the molecule is Cc1cccc(C)c1N=C(CN1CCCC1=O)OC(C)C. The minimum atomic E-state index is 0.0470. The summed E-state index contributed by atoms with van der Waals surface area (Å²) in [6.07, 6.45) is 1.61. The van der Waals surface area contributed by atoms with E-state index in [9.17, 15) is 4.79 Å². The summed E-state index contributed by atoms with van der Waals surface area (Å²) in [6.45, 7) is 9.30. The lowest BCUT2D eigenvalue weighted by atomic mass is 10.1. The molecule has 0 spiro atoms. The second-order valence-electron chi connectivity index (χ2n) is 5.83. The zero-order valence-electron chi connectivity index (χ0n) is 13.3. The molecule has 0 N–H and O–H groups in total. The number of para-hydroxylation sites is 1. The van der Waals surface area contributed by atoms with Crippen molar-refractivity contribution >= 4 is 17.5 Å². The summed E-state index contributed by atoms with van der Waals surface area (Å²) in [7, 11) is 0. The van der Waals surface area contributed by atoms with E-state index in [-0.39, 0.29) is 12.0 Å². The largest absolute Gasteiger partial charge is 0.477 e. The first-order valence-electron chi connectivity index (χ1n) is 7.55. The first kappa shape index (κ1) is 15.5. The summed E-state index contributed by atoms with van der Waals surface area (Å²) in [5.41, 5.74) is 3.18. The molecule has 1 heterocycles. The average Bonchev–Trinajstić information content (AvgIpc) is 2.79. The van der Waals surface area contributed by atoms with Crippen LogP contribution in [0.5, 0.6) is 0 Å². The van der Waals surface area contributed by atoms with Crippen molar-refractivity contribution in [1.29, 1.82) is 0 Å². The molecule has 1 aliphatic rings. The molecule has 0 radical (unpaired) electrons. The lowest BCUT2D eigenvalue weighted by Crippen LogP contribution is -2.33. The Morgan fingerprint density at radius 3 is 2.52 bits per heavy atom. The quantitative estimate of drug-likeness (QED) is 0.629. The van der Waals surface area contributed by atoms with E-state index >= 15 is 0 Å². The smallest absolute Gasteiger partial charge is 0.223 e. The maximum atomic E-state index is 11.8. The van der Waals surface area contributed by atoms with Crippen molar-refractivity contribution in [2.75, 3.05) is 13.1 Å². The maximum absolute atomic E-state index is 11.8. The lowest BCUT2D eigenvalue weighted by Gasteiger charge is -2.20. The van der Waals surface area contributed by atoms with Gasteiger partial charge in [-0.05, 0) is 45.2 Å². The highest BCUT2D eigenvalue weighted by atomic mass is 16.5. The Kier molecular flexibility index (Phi) is 4.99. The first-order chi connectivity index (χ1) is 9.97. The van der Waals surface area contributed by atoms with Crippen molar-refractivity contribution < 1.29 is 9.53 Å². The fraction of sp³-hybridized carbons (Fsp3) is 0.529. The molecule has 4 nitrogen and oxygen atoms in total. The molecule has 0 saturated carbocycles. The summed E-state index contributed by atoms with van der Waals surface area (Å²) in [5.74, 6) is 0.814. The van der Waals surface area contributed by atoms with Crippen LogP contribution in [0.25, 0.3) is 0 Å². The summed E-state index contributed by atoms with van der Waals surface area (Å²) in [5, 5.41) is 0. The molecule has 1 aliphatic heterocycles. The second-order valence-corrected chi connectivity index (χ2v) is 5.83. The molecule has 0 aromatic heterocycles. The van der Waals surface area contributed by atoms with Gasteiger partial charge in [-0.15, -0.1) is 0 Å². The van der Waals surface area contributed by atoms with Crippen LogP contribution in [0.3, 0.4) is 0 Å². The first-order valence-corrected chi connectivity index (χ1v) is 7.55. The zero-order valence-corrected chi connectivity index (χ0v) is 13.3. The number of amides is 1. The molecule has 0 aliphatic carbocycles. The number of rotatable bonds is 4. The van der Waals surface area contributed by atoms with Crippen LogP contribution in [0.15, 0.2) is 23.2 Å². The van der Waals surface area contributed by atoms with Gasteiger partial charge in [0.2, 0.25) is 11.8 Å². The van der Waals surface area contributed by atoms with E-state index in [0.29, 0.717) is 18.9 Å². The Bertz CT molecular complexity index is 529. The van der Waals surface area contributed by atoms with Gasteiger partial charge in [0.15, 0.2) is 0 Å². The van der Waals surface area contributed by atoms with Gasteiger partial charge in [0.05, 0.1) is 18.3 Å². The molecule has 0 bridgehead atoms. The van der Waals surface area contributed by atoms with Gasteiger partial charge in [0.1, 0.15) is 0 Å². The lowest BCUT2D eigenvalue weighted by molar-refractivity contribution is -0.127. The summed E-state index contributed by atoms with van der Waals surface area (Å²) < 4.78 is 5.83. The minimum absolute atomic E-state index is 0.0470. The van der Waals surface area contributed by atoms with Crippen molar-refractivity contribution in [3.63, 3.8) is 0 Å². The molecule has 0 atom stereocenters. The molecule has 1 amide bonds. The van der Waals surface area contributed by atoms with Gasteiger partial charge in [-0.2, -0.15) is 0 Å². The van der Waals surface area contributed by atoms with Crippen LogP contribution in [0.1, 0.15) is 37.8 Å². The molecule has 2 rings (SSSR count). The number of aryl methyl sites for hydroxylation is 2. The Morgan fingerprint density at radius 1 is 1.33 bits per heavy atom. The monoisotopic (exact) mass is 288 g/mol. The van der Waals surface area contributed by atoms with Crippen LogP contribution in [0.4, 0.5) is 5.69 Å². The average molecular weight is 288 g/mol. The number of likely N-dealkylation sites (tertiary alicyclic amines) is 1. The van der Waals surface area contributed by atoms with Gasteiger partial charge in [-0.25, -0.2) is 4.99 Å². The molecule has 1 aromatic carbocycles. The van der Waals surface area contributed by atoms with Crippen molar-refractivity contribution in [3.8, 4) is 0 Å². The molecule has 1 saturated heterocycles. The van der Waals surface area contributed by atoms with Crippen molar-refractivity contribution in [3.05, 3.63) is 29.3 Å². The summed E-state index contributed by atoms with van der Waals surface area (Å²) >= 11 is 0. The third-order valence-electron chi connectivity index (χ3n) is 3.55. The van der Waals surface area contributed by atoms with Crippen LogP contribution in [-0.4, -0.2) is 35.9 Å². The molecule has 0 unspecified atom stereocenters. The van der Waals surface area contributed by atoms with E-state index in [1.54, 1.807) is 0 Å². The topological polar surface area (TPSA) is 41.9 Å². The molecule has 1 fully saturated rings. The Labute approximate surface area is 126 Å². The predicted molar refractivity (Wildman–Crippen MR) is 85.0 cm³/mol. The number of benzene rings is 1. The van der Waals surface area contributed by atoms with Crippen molar-refractivity contribution in [1.82, 2.24) is 4.90 Å². The number of aliphatic imine (C=N–C) groups is 1. The minimum Gasteiger partial charge on any atom is -0.477 e. The molecular formula is C17H24N2O2. The van der Waals surface area contributed by atoms with Gasteiger partial charge in [0, 0.05) is 13.0 Å². The summed E-state index contributed by atoms with van der Waals surface area (Å²) in [4.78, 5) is 18.3. The molecular weight excluding hydrogens is 264 g/mol. The highest BCUT2D eigenvalue weighted by molar-refractivity contribution is 5.87. The van der Waals surface area contributed by atoms with E-state index in [2.05, 4.69) is 0 Å². The maximum Gasteiger partial charge on any atom is 0.223 e. The Hall–Kier alpha value is -1.84. The van der Waals surface area contributed by atoms with Crippen molar-refractivity contribution in [2.45, 2.75) is 46.6 Å². The Morgan fingerprint density at radius 2 is 2.00 bits per heavy atom.